The zero-order valence-electron chi connectivity index (χ0n) is 11.0. The molecule has 0 saturated carbocycles. The van der Waals surface area contributed by atoms with E-state index in [0.717, 1.165) is 23.8 Å². The lowest BCUT2D eigenvalue weighted by molar-refractivity contribution is 0.0948. The number of pyridine rings is 1. The number of nitrogens with zero attached hydrogens (tertiary/aromatic N) is 1. The highest BCUT2D eigenvalue weighted by Gasteiger charge is 2.13. The number of aromatic nitrogens is 1. The number of halogens is 1. The minimum atomic E-state index is -0.560. The number of benzene rings is 1. The molecular weight excluding hydrogens is 259 g/mol. The van der Waals surface area contributed by atoms with Crippen LogP contribution in [0.5, 0.6) is 5.75 Å². The maximum Gasteiger partial charge on any atom is 0.255 e. The Morgan fingerprint density at radius 1 is 1.35 bits per heavy atom. The molecule has 0 saturated heterocycles. The van der Waals surface area contributed by atoms with E-state index in [0.29, 0.717) is 6.54 Å². The average Bonchev–Trinajstić information content (AvgIpc) is 2.47. The highest BCUT2D eigenvalue weighted by atomic mass is 19.1. The number of nitrogens with one attached hydrogen (secondary N) is 1. The summed E-state index contributed by atoms with van der Waals surface area (Å²) in [5, 5.41) is 12.2. The van der Waals surface area contributed by atoms with Crippen molar-refractivity contribution in [3.05, 3.63) is 59.7 Å². The maximum atomic E-state index is 13.1. The first-order valence-electron chi connectivity index (χ1n) is 6.24. The molecule has 2 N–H and O–H groups in total. The lowest BCUT2D eigenvalue weighted by Gasteiger charge is -2.13. The topological polar surface area (TPSA) is 62.2 Å². The van der Waals surface area contributed by atoms with Gasteiger partial charge in [-0.15, -0.1) is 0 Å². The number of aromatic hydroxyl groups is 1. The van der Waals surface area contributed by atoms with E-state index in [1.165, 1.54) is 0 Å². The van der Waals surface area contributed by atoms with Gasteiger partial charge in [0.1, 0.15) is 11.6 Å². The van der Waals surface area contributed by atoms with E-state index in [9.17, 15) is 14.3 Å². The van der Waals surface area contributed by atoms with Crippen molar-refractivity contribution < 1.29 is 14.3 Å². The summed E-state index contributed by atoms with van der Waals surface area (Å²) in [6.45, 7) is 2.35. The summed E-state index contributed by atoms with van der Waals surface area (Å²) in [6.07, 6.45) is 3.37. The van der Waals surface area contributed by atoms with E-state index in [4.69, 9.17) is 0 Å². The minimum absolute atomic E-state index is 0.0630. The SMILES string of the molecule is C[C@H](CNC(=O)c1cc(F)ccc1O)c1ccncc1. The molecule has 2 aromatic rings. The Kier molecular flexibility index (Phi) is 4.30. The van der Waals surface area contributed by atoms with Crippen LogP contribution in [0.1, 0.15) is 28.8 Å². The number of phenols is 1. The molecule has 1 aromatic heterocycles. The molecule has 1 atom stereocenters. The van der Waals surface area contributed by atoms with E-state index >= 15 is 0 Å². The molecule has 5 heteroatoms. The summed E-state index contributed by atoms with van der Waals surface area (Å²) in [6, 6.07) is 7.02. The lowest BCUT2D eigenvalue weighted by Crippen LogP contribution is -2.27. The summed E-state index contributed by atoms with van der Waals surface area (Å²) >= 11 is 0. The van der Waals surface area contributed by atoms with Crippen molar-refractivity contribution in [2.24, 2.45) is 0 Å². The number of phenolic OH excluding ortho intramolecular Hbond substituents is 1. The van der Waals surface area contributed by atoms with Gasteiger partial charge in [0, 0.05) is 18.9 Å². The van der Waals surface area contributed by atoms with Gasteiger partial charge < -0.3 is 10.4 Å². The van der Waals surface area contributed by atoms with Crippen LogP contribution >= 0.6 is 0 Å². The molecule has 104 valence electrons. The monoisotopic (exact) mass is 274 g/mol. The van der Waals surface area contributed by atoms with Gasteiger partial charge in [0.25, 0.3) is 5.91 Å². The highest BCUT2D eigenvalue weighted by Crippen LogP contribution is 2.18. The minimum Gasteiger partial charge on any atom is -0.507 e. The summed E-state index contributed by atoms with van der Waals surface area (Å²) < 4.78 is 13.1. The molecule has 1 heterocycles. The summed E-state index contributed by atoms with van der Waals surface area (Å²) in [4.78, 5) is 15.8. The Labute approximate surface area is 116 Å². The number of carbonyl (C=O) groups is 1. The molecule has 0 unspecified atom stereocenters. The Morgan fingerprint density at radius 3 is 2.75 bits per heavy atom. The fourth-order valence-electron chi connectivity index (χ4n) is 1.84. The zero-order chi connectivity index (χ0) is 14.5. The van der Waals surface area contributed by atoms with Crippen LogP contribution in [-0.4, -0.2) is 22.5 Å². The normalized spacial score (nSPS) is 11.9. The number of carbonyl (C=O) groups excluding carboxylic acids is 1. The van der Waals surface area contributed by atoms with E-state index in [-0.39, 0.29) is 17.2 Å². The van der Waals surface area contributed by atoms with Gasteiger partial charge in [-0.2, -0.15) is 0 Å². The second-order valence-electron chi connectivity index (χ2n) is 4.55. The molecule has 2 rings (SSSR count). The lowest BCUT2D eigenvalue weighted by atomic mass is 10.0. The third-order valence-corrected chi connectivity index (χ3v) is 3.05. The standard InChI is InChI=1S/C15H15FN2O2/c1-10(11-4-6-17-7-5-11)9-18-15(20)13-8-12(16)2-3-14(13)19/h2-8,10,19H,9H2,1H3,(H,18,20)/t10-/m1/s1. The number of rotatable bonds is 4. The molecule has 0 radical (unpaired) electrons. The van der Waals surface area contributed by atoms with Crippen LogP contribution in [-0.2, 0) is 0 Å². The second kappa shape index (κ2) is 6.14. The van der Waals surface area contributed by atoms with Crippen LogP contribution in [0.2, 0.25) is 0 Å². The summed E-state index contributed by atoms with van der Waals surface area (Å²) in [5.74, 6) is -1.20. The molecule has 0 bridgehead atoms. The van der Waals surface area contributed by atoms with Gasteiger partial charge in [0.15, 0.2) is 0 Å². The van der Waals surface area contributed by atoms with Crippen molar-refractivity contribution in [2.75, 3.05) is 6.54 Å². The van der Waals surface area contributed by atoms with E-state index in [1.807, 2.05) is 19.1 Å². The Balaban J connectivity index is 2.00. The van der Waals surface area contributed by atoms with Crippen LogP contribution in [0.15, 0.2) is 42.7 Å². The van der Waals surface area contributed by atoms with Gasteiger partial charge in [-0.05, 0) is 41.8 Å². The Morgan fingerprint density at radius 2 is 2.05 bits per heavy atom. The molecule has 0 spiro atoms. The fraction of sp³-hybridized carbons (Fsp3) is 0.200. The van der Waals surface area contributed by atoms with Crippen molar-refractivity contribution in [1.29, 1.82) is 0 Å². The first kappa shape index (κ1) is 14.0. The van der Waals surface area contributed by atoms with Crippen molar-refractivity contribution in [2.45, 2.75) is 12.8 Å². The quantitative estimate of drug-likeness (QED) is 0.900. The maximum absolute atomic E-state index is 13.1. The van der Waals surface area contributed by atoms with Crippen molar-refractivity contribution in [3.8, 4) is 5.75 Å². The second-order valence-corrected chi connectivity index (χ2v) is 4.55. The van der Waals surface area contributed by atoms with Crippen molar-refractivity contribution >= 4 is 5.91 Å². The van der Waals surface area contributed by atoms with Gasteiger partial charge in [-0.1, -0.05) is 6.92 Å². The molecule has 1 amide bonds. The van der Waals surface area contributed by atoms with Crippen LogP contribution < -0.4 is 5.32 Å². The molecule has 20 heavy (non-hydrogen) atoms. The van der Waals surface area contributed by atoms with Crippen LogP contribution in [0.25, 0.3) is 0 Å². The molecule has 0 aliphatic carbocycles. The predicted molar refractivity (Wildman–Crippen MR) is 73.1 cm³/mol. The summed E-state index contributed by atoms with van der Waals surface area (Å²) in [7, 11) is 0. The smallest absolute Gasteiger partial charge is 0.255 e. The number of amides is 1. The molecule has 0 fully saturated rings. The Bertz CT molecular complexity index is 602. The average molecular weight is 274 g/mol. The Hall–Kier alpha value is -2.43. The van der Waals surface area contributed by atoms with E-state index < -0.39 is 11.7 Å². The van der Waals surface area contributed by atoms with Gasteiger partial charge in [0.05, 0.1) is 5.56 Å². The van der Waals surface area contributed by atoms with Crippen LogP contribution in [0.3, 0.4) is 0 Å². The van der Waals surface area contributed by atoms with Crippen LogP contribution in [0, 0.1) is 5.82 Å². The van der Waals surface area contributed by atoms with E-state index in [2.05, 4.69) is 10.3 Å². The molecular formula is C15H15FN2O2. The first-order valence-corrected chi connectivity index (χ1v) is 6.24. The first-order chi connectivity index (χ1) is 9.58. The molecule has 0 aliphatic rings. The molecule has 0 aliphatic heterocycles. The fourth-order valence-corrected chi connectivity index (χ4v) is 1.84. The number of hydrogen-bond donors (Lipinski definition) is 2. The van der Waals surface area contributed by atoms with Crippen molar-refractivity contribution in [1.82, 2.24) is 10.3 Å². The largest absolute Gasteiger partial charge is 0.507 e. The van der Waals surface area contributed by atoms with Gasteiger partial charge in [-0.25, -0.2) is 4.39 Å². The van der Waals surface area contributed by atoms with Crippen LogP contribution in [0.4, 0.5) is 4.39 Å². The highest BCUT2D eigenvalue weighted by molar-refractivity contribution is 5.96. The van der Waals surface area contributed by atoms with Gasteiger partial charge >= 0.3 is 0 Å². The zero-order valence-corrected chi connectivity index (χ0v) is 11.0. The predicted octanol–water partition coefficient (Wildman–Crippen LogP) is 2.46. The third-order valence-electron chi connectivity index (χ3n) is 3.05. The van der Waals surface area contributed by atoms with Gasteiger partial charge in [-0.3, -0.25) is 9.78 Å². The van der Waals surface area contributed by atoms with Crippen molar-refractivity contribution in [3.63, 3.8) is 0 Å². The van der Waals surface area contributed by atoms with E-state index in [1.54, 1.807) is 12.4 Å². The summed E-state index contributed by atoms with van der Waals surface area (Å²) in [5.41, 5.74) is 0.982. The number of hydrogen-bond acceptors (Lipinski definition) is 3. The molecule has 4 nitrogen and oxygen atoms in total. The van der Waals surface area contributed by atoms with Gasteiger partial charge in [0.2, 0.25) is 0 Å². The molecule has 1 aromatic carbocycles. The third kappa shape index (κ3) is 3.32.